The zero-order valence-electron chi connectivity index (χ0n) is 10.4. The highest BCUT2D eigenvalue weighted by atomic mass is 15.0. The molecule has 0 aliphatic heterocycles. The third-order valence-corrected chi connectivity index (χ3v) is 2.64. The summed E-state index contributed by atoms with van der Waals surface area (Å²) in [4.78, 5) is 8.47. The number of aromatic nitrogens is 2. The van der Waals surface area contributed by atoms with Crippen molar-refractivity contribution in [2.45, 2.75) is 45.6 Å². The predicted molar refractivity (Wildman–Crippen MR) is 67.5 cm³/mol. The standard InChI is InChI=1S/C12H22N4/c1-4-10(5-6-13)16-12-7-11(9(2)3)14-8-15-12/h7-10H,4-6,13H2,1-3H3,(H,14,15,16). The van der Waals surface area contributed by atoms with Crippen molar-refractivity contribution in [3.63, 3.8) is 0 Å². The average Bonchev–Trinajstić information content (AvgIpc) is 2.29. The van der Waals surface area contributed by atoms with Crippen LogP contribution in [0.15, 0.2) is 12.4 Å². The number of anilines is 1. The molecule has 3 N–H and O–H groups in total. The summed E-state index contributed by atoms with van der Waals surface area (Å²) in [6, 6.07) is 2.42. The van der Waals surface area contributed by atoms with E-state index in [0.717, 1.165) is 24.4 Å². The summed E-state index contributed by atoms with van der Waals surface area (Å²) in [5, 5.41) is 3.39. The van der Waals surface area contributed by atoms with Gasteiger partial charge in [-0.1, -0.05) is 20.8 Å². The molecule has 0 spiro atoms. The van der Waals surface area contributed by atoms with Gasteiger partial charge in [0.1, 0.15) is 12.1 Å². The normalized spacial score (nSPS) is 12.8. The third kappa shape index (κ3) is 3.77. The van der Waals surface area contributed by atoms with Crippen LogP contribution in [0.25, 0.3) is 0 Å². The lowest BCUT2D eigenvalue weighted by Crippen LogP contribution is -2.22. The van der Waals surface area contributed by atoms with Crippen molar-refractivity contribution in [1.29, 1.82) is 0 Å². The largest absolute Gasteiger partial charge is 0.367 e. The Morgan fingerprint density at radius 1 is 1.38 bits per heavy atom. The van der Waals surface area contributed by atoms with Gasteiger partial charge in [-0.2, -0.15) is 0 Å². The Morgan fingerprint density at radius 3 is 2.69 bits per heavy atom. The third-order valence-electron chi connectivity index (χ3n) is 2.64. The summed E-state index contributed by atoms with van der Waals surface area (Å²) in [6.45, 7) is 7.11. The number of hydrogen-bond donors (Lipinski definition) is 2. The van der Waals surface area contributed by atoms with Gasteiger partial charge < -0.3 is 11.1 Å². The molecule has 0 bridgehead atoms. The molecule has 1 aromatic rings. The van der Waals surface area contributed by atoms with Crippen molar-refractivity contribution >= 4 is 5.82 Å². The number of rotatable bonds is 6. The maximum Gasteiger partial charge on any atom is 0.129 e. The smallest absolute Gasteiger partial charge is 0.129 e. The van der Waals surface area contributed by atoms with Gasteiger partial charge in [-0.3, -0.25) is 0 Å². The van der Waals surface area contributed by atoms with Gasteiger partial charge >= 0.3 is 0 Å². The molecule has 1 aromatic heterocycles. The quantitative estimate of drug-likeness (QED) is 0.774. The molecule has 0 fully saturated rings. The second-order valence-electron chi connectivity index (χ2n) is 4.31. The molecule has 0 aliphatic carbocycles. The van der Waals surface area contributed by atoms with Crippen molar-refractivity contribution < 1.29 is 0 Å². The van der Waals surface area contributed by atoms with Gasteiger partial charge in [0, 0.05) is 17.8 Å². The summed E-state index contributed by atoms with van der Waals surface area (Å²) < 4.78 is 0. The average molecular weight is 222 g/mol. The molecule has 4 nitrogen and oxygen atoms in total. The van der Waals surface area contributed by atoms with Crippen LogP contribution in [0.4, 0.5) is 5.82 Å². The van der Waals surface area contributed by atoms with E-state index in [1.54, 1.807) is 6.33 Å². The first-order valence-corrected chi connectivity index (χ1v) is 5.95. The summed E-state index contributed by atoms with van der Waals surface area (Å²) in [5.74, 6) is 1.33. The van der Waals surface area contributed by atoms with E-state index in [-0.39, 0.29) is 0 Å². The van der Waals surface area contributed by atoms with E-state index < -0.39 is 0 Å². The van der Waals surface area contributed by atoms with Crippen LogP contribution in [0.2, 0.25) is 0 Å². The number of nitrogens with one attached hydrogen (secondary N) is 1. The fourth-order valence-electron chi connectivity index (χ4n) is 1.56. The molecule has 16 heavy (non-hydrogen) atoms. The monoisotopic (exact) mass is 222 g/mol. The summed E-state index contributed by atoms with van der Waals surface area (Å²) >= 11 is 0. The lowest BCUT2D eigenvalue weighted by molar-refractivity contribution is 0.638. The molecular weight excluding hydrogens is 200 g/mol. The minimum Gasteiger partial charge on any atom is -0.367 e. The molecule has 0 aromatic carbocycles. The molecule has 1 rings (SSSR count). The van der Waals surface area contributed by atoms with Crippen LogP contribution in [-0.4, -0.2) is 22.6 Å². The number of nitrogens with zero attached hydrogens (tertiary/aromatic N) is 2. The van der Waals surface area contributed by atoms with Crippen molar-refractivity contribution in [2.24, 2.45) is 5.73 Å². The van der Waals surface area contributed by atoms with Gasteiger partial charge in [-0.25, -0.2) is 9.97 Å². The number of nitrogens with two attached hydrogens (primary N) is 1. The van der Waals surface area contributed by atoms with Gasteiger partial charge in [0.25, 0.3) is 0 Å². The van der Waals surface area contributed by atoms with Gasteiger partial charge in [-0.05, 0) is 25.3 Å². The Hall–Kier alpha value is -1.16. The maximum absolute atomic E-state index is 5.56. The SMILES string of the molecule is CCC(CCN)Nc1cc(C(C)C)ncn1. The molecule has 0 saturated carbocycles. The molecule has 0 aliphatic rings. The Bertz CT molecular complexity index is 312. The predicted octanol–water partition coefficient (Wildman–Crippen LogP) is 2.14. The van der Waals surface area contributed by atoms with Crippen LogP contribution >= 0.6 is 0 Å². The van der Waals surface area contributed by atoms with Crippen molar-refractivity contribution in [3.05, 3.63) is 18.1 Å². The van der Waals surface area contributed by atoms with Crippen LogP contribution in [0.5, 0.6) is 0 Å². The van der Waals surface area contributed by atoms with Crippen molar-refractivity contribution in [2.75, 3.05) is 11.9 Å². The highest BCUT2D eigenvalue weighted by molar-refractivity contribution is 5.36. The molecule has 4 heteroatoms. The Morgan fingerprint density at radius 2 is 2.12 bits per heavy atom. The first-order valence-electron chi connectivity index (χ1n) is 5.95. The summed E-state index contributed by atoms with van der Waals surface area (Å²) in [6.07, 6.45) is 3.64. The van der Waals surface area contributed by atoms with Crippen LogP contribution < -0.4 is 11.1 Å². The van der Waals surface area contributed by atoms with E-state index in [0.29, 0.717) is 18.5 Å². The Kier molecular flexibility index (Phi) is 5.19. The van der Waals surface area contributed by atoms with Crippen LogP contribution in [-0.2, 0) is 0 Å². The molecule has 90 valence electrons. The van der Waals surface area contributed by atoms with E-state index in [9.17, 15) is 0 Å². The topological polar surface area (TPSA) is 63.8 Å². The van der Waals surface area contributed by atoms with Crippen LogP contribution in [0, 0.1) is 0 Å². The fraction of sp³-hybridized carbons (Fsp3) is 0.667. The van der Waals surface area contributed by atoms with Crippen molar-refractivity contribution in [3.8, 4) is 0 Å². The molecular formula is C12H22N4. The zero-order valence-corrected chi connectivity index (χ0v) is 10.4. The molecule has 0 amide bonds. The van der Waals surface area contributed by atoms with Crippen molar-refractivity contribution in [1.82, 2.24) is 9.97 Å². The van der Waals surface area contributed by atoms with E-state index in [4.69, 9.17) is 5.73 Å². The molecule has 0 saturated heterocycles. The van der Waals surface area contributed by atoms with Crippen LogP contribution in [0.3, 0.4) is 0 Å². The maximum atomic E-state index is 5.56. The Balaban J connectivity index is 2.68. The van der Waals surface area contributed by atoms with E-state index in [2.05, 4.69) is 36.1 Å². The Labute approximate surface area is 97.7 Å². The first kappa shape index (κ1) is 12.9. The fourth-order valence-corrected chi connectivity index (χ4v) is 1.56. The molecule has 1 unspecified atom stereocenters. The van der Waals surface area contributed by atoms with E-state index in [1.165, 1.54) is 0 Å². The minimum atomic E-state index is 0.403. The lowest BCUT2D eigenvalue weighted by atomic mass is 10.1. The minimum absolute atomic E-state index is 0.403. The molecule has 0 radical (unpaired) electrons. The molecule has 1 heterocycles. The van der Waals surface area contributed by atoms with Gasteiger partial charge in [-0.15, -0.1) is 0 Å². The second-order valence-corrected chi connectivity index (χ2v) is 4.31. The van der Waals surface area contributed by atoms with E-state index >= 15 is 0 Å². The highest BCUT2D eigenvalue weighted by Crippen LogP contribution is 2.15. The van der Waals surface area contributed by atoms with Gasteiger partial charge in [0.2, 0.25) is 0 Å². The van der Waals surface area contributed by atoms with Gasteiger partial charge in [0.15, 0.2) is 0 Å². The summed E-state index contributed by atoms with van der Waals surface area (Å²) in [7, 11) is 0. The first-order chi connectivity index (χ1) is 7.67. The highest BCUT2D eigenvalue weighted by Gasteiger charge is 2.07. The van der Waals surface area contributed by atoms with Crippen LogP contribution in [0.1, 0.15) is 45.2 Å². The second kappa shape index (κ2) is 6.43. The van der Waals surface area contributed by atoms with E-state index in [1.807, 2.05) is 6.07 Å². The number of hydrogen-bond acceptors (Lipinski definition) is 4. The van der Waals surface area contributed by atoms with Gasteiger partial charge in [0.05, 0.1) is 0 Å². The zero-order chi connectivity index (χ0) is 12.0. The summed E-state index contributed by atoms with van der Waals surface area (Å²) in [5.41, 5.74) is 6.63. The lowest BCUT2D eigenvalue weighted by Gasteiger charge is -2.17. The molecule has 1 atom stereocenters.